The average molecular weight is 434 g/mol. The minimum atomic E-state index is -0.453. The van der Waals surface area contributed by atoms with Crippen molar-refractivity contribution in [3.8, 4) is 5.75 Å². The molecule has 1 aliphatic heterocycles. The second-order valence-corrected chi connectivity index (χ2v) is 9.11. The highest BCUT2D eigenvalue weighted by molar-refractivity contribution is 5.86. The number of Topliss-reactive ketones (excluding diaryl/α,β-unsaturated/α-hetero) is 1. The minimum absolute atomic E-state index is 0.00236. The third-order valence-electron chi connectivity index (χ3n) is 6.41. The zero-order valence-electron chi connectivity index (χ0n) is 19.4. The van der Waals surface area contributed by atoms with Crippen LogP contribution in [0.25, 0.3) is 11.0 Å². The van der Waals surface area contributed by atoms with Crippen LogP contribution in [0.3, 0.4) is 0 Å². The van der Waals surface area contributed by atoms with Crippen LogP contribution in [-0.4, -0.2) is 36.9 Å². The van der Waals surface area contributed by atoms with Crippen LogP contribution in [0.4, 0.5) is 0 Å². The Bertz CT molecular complexity index is 1200. The normalized spacial score (nSPS) is 15.2. The van der Waals surface area contributed by atoms with Crippen LogP contribution >= 0.6 is 0 Å². The fourth-order valence-corrected chi connectivity index (χ4v) is 4.41. The highest BCUT2D eigenvalue weighted by Gasteiger charge is 2.20. The van der Waals surface area contributed by atoms with E-state index in [1.807, 2.05) is 45.0 Å². The smallest absolute Gasteiger partial charge is 0.339 e. The van der Waals surface area contributed by atoms with Crippen molar-refractivity contribution in [2.24, 2.45) is 0 Å². The molecule has 0 N–H and O–H groups in total. The van der Waals surface area contributed by atoms with Gasteiger partial charge in [-0.15, -0.1) is 0 Å². The fraction of sp³-hybridized carbons (Fsp3) is 0.407. The highest BCUT2D eigenvalue weighted by atomic mass is 16.5. The van der Waals surface area contributed by atoms with Gasteiger partial charge in [-0.25, -0.2) is 4.79 Å². The zero-order valence-corrected chi connectivity index (χ0v) is 19.4. The number of likely N-dealkylation sites (tertiary alicyclic amines) is 1. The van der Waals surface area contributed by atoms with E-state index in [4.69, 9.17) is 9.15 Å². The van der Waals surface area contributed by atoms with Crippen LogP contribution in [0.15, 0.2) is 45.6 Å². The zero-order chi connectivity index (χ0) is 22.8. The number of carbonyl (C=O) groups is 1. The lowest BCUT2D eigenvalue weighted by Crippen LogP contribution is -2.35. The molecule has 5 nitrogen and oxygen atoms in total. The molecular formula is C27H31NO4. The SMILES string of the molecule is Cc1ccc(CC(=O)Cc2cc3ccc(OC4CCN(C)CC4)c(C)c3oc2=O)c(C)c1. The maximum atomic E-state index is 12.7. The second-order valence-electron chi connectivity index (χ2n) is 9.11. The summed E-state index contributed by atoms with van der Waals surface area (Å²) >= 11 is 0. The molecule has 2 heterocycles. The molecule has 5 heteroatoms. The lowest BCUT2D eigenvalue weighted by atomic mass is 9.98. The van der Waals surface area contributed by atoms with Crippen LogP contribution in [0.5, 0.6) is 5.75 Å². The highest BCUT2D eigenvalue weighted by Crippen LogP contribution is 2.29. The van der Waals surface area contributed by atoms with Crippen LogP contribution < -0.4 is 10.4 Å². The molecule has 3 aromatic rings. The average Bonchev–Trinajstić information content (AvgIpc) is 2.75. The molecule has 0 bridgehead atoms. The van der Waals surface area contributed by atoms with Gasteiger partial charge in [0.1, 0.15) is 23.2 Å². The van der Waals surface area contributed by atoms with Crippen LogP contribution in [0.1, 0.15) is 40.7 Å². The Morgan fingerprint density at radius 1 is 1.03 bits per heavy atom. The number of hydrogen-bond donors (Lipinski definition) is 0. The number of hydrogen-bond acceptors (Lipinski definition) is 5. The summed E-state index contributed by atoms with van der Waals surface area (Å²) < 4.78 is 11.9. The van der Waals surface area contributed by atoms with Gasteiger partial charge < -0.3 is 14.1 Å². The van der Waals surface area contributed by atoms with E-state index in [1.54, 1.807) is 6.07 Å². The molecule has 1 fully saturated rings. The van der Waals surface area contributed by atoms with Crippen molar-refractivity contribution >= 4 is 16.8 Å². The van der Waals surface area contributed by atoms with E-state index >= 15 is 0 Å². The Balaban J connectivity index is 1.52. The number of nitrogens with zero attached hydrogens (tertiary/aromatic N) is 1. The minimum Gasteiger partial charge on any atom is -0.490 e. The van der Waals surface area contributed by atoms with E-state index in [0.717, 1.165) is 53.8 Å². The third-order valence-corrected chi connectivity index (χ3v) is 6.41. The van der Waals surface area contributed by atoms with Crippen LogP contribution in [-0.2, 0) is 17.6 Å². The molecule has 2 aromatic carbocycles. The number of carbonyl (C=O) groups excluding carboxylic acids is 1. The van der Waals surface area contributed by atoms with Gasteiger partial charge in [-0.3, -0.25) is 4.79 Å². The van der Waals surface area contributed by atoms with Crippen molar-refractivity contribution in [3.63, 3.8) is 0 Å². The molecule has 0 saturated carbocycles. The molecule has 4 rings (SSSR count). The summed E-state index contributed by atoms with van der Waals surface area (Å²) in [7, 11) is 2.12. The molecule has 32 heavy (non-hydrogen) atoms. The van der Waals surface area contributed by atoms with Crippen LogP contribution in [0.2, 0.25) is 0 Å². The van der Waals surface area contributed by atoms with E-state index in [2.05, 4.69) is 18.0 Å². The molecule has 0 radical (unpaired) electrons. The Morgan fingerprint density at radius 2 is 1.75 bits per heavy atom. The van der Waals surface area contributed by atoms with Crippen LogP contribution in [0, 0.1) is 20.8 Å². The predicted octanol–water partition coefficient (Wildman–Crippen LogP) is 4.55. The van der Waals surface area contributed by atoms with E-state index in [1.165, 1.54) is 5.56 Å². The Kier molecular flexibility index (Phi) is 6.47. The van der Waals surface area contributed by atoms with Gasteiger partial charge >= 0.3 is 5.63 Å². The van der Waals surface area contributed by atoms with Crippen molar-refractivity contribution in [2.75, 3.05) is 20.1 Å². The maximum absolute atomic E-state index is 12.7. The quantitative estimate of drug-likeness (QED) is 0.534. The number of rotatable bonds is 6. The molecule has 0 unspecified atom stereocenters. The summed E-state index contributed by atoms with van der Waals surface area (Å²) in [6.07, 6.45) is 2.53. The topological polar surface area (TPSA) is 59.8 Å². The van der Waals surface area contributed by atoms with Crippen molar-refractivity contribution in [1.82, 2.24) is 4.90 Å². The van der Waals surface area contributed by atoms with Gasteiger partial charge in [-0.05, 0) is 70.0 Å². The first-order valence-corrected chi connectivity index (χ1v) is 11.3. The van der Waals surface area contributed by atoms with Gasteiger partial charge in [0.15, 0.2) is 0 Å². The van der Waals surface area contributed by atoms with Crippen molar-refractivity contribution in [3.05, 3.63) is 74.6 Å². The lowest BCUT2D eigenvalue weighted by Gasteiger charge is -2.29. The van der Waals surface area contributed by atoms with Crippen molar-refractivity contribution < 1.29 is 13.9 Å². The first kappa shape index (κ1) is 22.3. The molecule has 0 amide bonds. The summed E-state index contributed by atoms with van der Waals surface area (Å²) in [6.45, 7) is 8.00. The summed E-state index contributed by atoms with van der Waals surface area (Å²) in [5.74, 6) is 0.761. The number of aryl methyl sites for hydroxylation is 3. The van der Waals surface area contributed by atoms with E-state index in [-0.39, 0.29) is 18.3 Å². The maximum Gasteiger partial charge on any atom is 0.339 e. The number of piperidine rings is 1. The molecule has 1 aliphatic rings. The van der Waals surface area contributed by atoms with E-state index < -0.39 is 5.63 Å². The molecular weight excluding hydrogens is 402 g/mol. The molecule has 0 atom stereocenters. The van der Waals surface area contributed by atoms with E-state index in [0.29, 0.717) is 17.6 Å². The van der Waals surface area contributed by atoms with Crippen molar-refractivity contribution in [2.45, 2.75) is 52.6 Å². The first-order chi connectivity index (χ1) is 15.3. The van der Waals surface area contributed by atoms with Gasteiger partial charge in [-0.1, -0.05) is 23.8 Å². The molecule has 1 aromatic heterocycles. The fourth-order valence-electron chi connectivity index (χ4n) is 4.41. The van der Waals surface area contributed by atoms with Gasteiger partial charge in [0.05, 0.1) is 0 Å². The standard InChI is InChI=1S/C27H31NO4/c1-17-5-6-20(18(2)13-17)15-23(29)16-22-14-21-7-8-25(19(3)26(21)32-27(22)30)31-24-9-11-28(4)12-10-24/h5-8,13-14,24H,9-12,15-16H2,1-4H3. The van der Waals surface area contributed by atoms with Gasteiger partial charge in [0.2, 0.25) is 0 Å². The summed E-state index contributed by atoms with van der Waals surface area (Å²) in [5, 5.41) is 0.812. The van der Waals surface area contributed by atoms with Gasteiger partial charge in [0.25, 0.3) is 0 Å². The van der Waals surface area contributed by atoms with E-state index in [9.17, 15) is 9.59 Å². The molecule has 1 saturated heterocycles. The third kappa shape index (κ3) is 4.94. The monoisotopic (exact) mass is 433 g/mol. The molecule has 0 spiro atoms. The summed E-state index contributed by atoms with van der Waals surface area (Å²) in [4.78, 5) is 27.6. The predicted molar refractivity (Wildman–Crippen MR) is 127 cm³/mol. The number of ether oxygens (including phenoxy) is 1. The molecule has 168 valence electrons. The summed E-state index contributed by atoms with van der Waals surface area (Å²) in [6, 6.07) is 11.7. The van der Waals surface area contributed by atoms with Gasteiger partial charge in [0, 0.05) is 42.4 Å². The largest absolute Gasteiger partial charge is 0.490 e. The Labute approximate surface area is 189 Å². The van der Waals surface area contributed by atoms with Gasteiger partial charge in [-0.2, -0.15) is 0 Å². The first-order valence-electron chi connectivity index (χ1n) is 11.3. The van der Waals surface area contributed by atoms with Crippen molar-refractivity contribution in [1.29, 1.82) is 0 Å². The Morgan fingerprint density at radius 3 is 2.47 bits per heavy atom. The second kappa shape index (κ2) is 9.29. The lowest BCUT2D eigenvalue weighted by molar-refractivity contribution is -0.117. The summed E-state index contributed by atoms with van der Waals surface area (Å²) in [5.41, 5.74) is 4.57. The number of fused-ring (bicyclic) bond motifs is 1. The molecule has 0 aliphatic carbocycles. The Hall–Kier alpha value is -2.92. The number of benzene rings is 2. The number of ketones is 1.